The maximum absolute atomic E-state index is 11.4. The summed E-state index contributed by atoms with van der Waals surface area (Å²) in [5.41, 5.74) is -0.119. The Morgan fingerprint density at radius 1 is 1.60 bits per heavy atom. The van der Waals surface area contributed by atoms with Gasteiger partial charge in [-0.05, 0) is 35.2 Å². The molecule has 1 saturated heterocycles. The summed E-state index contributed by atoms with van der Waals surface area (Å²) in [7, 11) is 0. The highest BCUT2D eigenvalue weighted by Crippen LogP contribution is 2.29. The molecule has 1 aromatic rings. The Labute approximate surface area is 96.8 Å². The van der Waals surface area contributed by atoms with E-state index in [9.17, 15) is 4.79 Å². The minimum absolute atomic E-state index is 0.119. The van der Waals surface area contributed by atoms with Crippen molar-refractivity contribution in [3.63, 3.8) is 0 Å². The lowest BCUT2D eigenvalue weighted by Gasteiger charge is -2.22. The molecular weight excluding hydrogens is 258 g/mol. The molecule has 0 aromatic carbocycles. The van der Waals surface area contributed by atoms with Crippen molar-refractivity contribution in [2.45, 2.75) is 26.3 Å². The molecule has 2 atom stereocenters. The summed E-state index contributed by atoms with van der Waals surface area (Å²) in [6.45, 7) is 5.35. The molecule has 2 rings (SSSR count). The smallest absolute Gasteiger partial charge is 0.267 e. The van der Waals surface area contributed by atoms with Gasteiger partial charge in [0.05, 0.1) is 6.33 Å². The first-order valence-corrected chi connectivity index (χ1v) is 5.88. The monoisotopic (exact) mass is 271 g/mol. The molecule has 1 aromatic heterocycles. The van der Waals surface area contributed by atoms with Gasteiger partial charge in [0.1, 0.15) is 4.47 Å². The predicted molar refractivity (Wildman–Crippen MR) is 63.1 cm³/mol. The van der Waals surface area contributed by atoms with E-state index in [1.807, 2.05) is 0 Å². The Bertz CT molecular complexity index is 417. The molecule has 0 amide bonds. The molecule has 1 aliphatic rings. The highest BCUT2D eigenvalue weighted by atomic mass is 79.9. The molecule has 1 aliphatic heterocycles. The van der Waals surface area contributed by atoms with Gasteiger partial charge in [0.2, 0.25) is 0 Å². The van der Waals surface area contributed by atoms with Gasteiger partial charge in [-0.1, -0.05) is 6.92 Å². The van der Waals surface area contributed by atoms with Gasteiger partial charge in [0.25, 0.3) is 5.56 Å². The first-order chi connectivity index (χ1) is 7.09. The Kier molecular flexibility index (Phi) is 2.82. The zero-order valence-electron chi connectivity index (χ0n) is 8.83. The normalized spacial score (nSPS) is 25.9. The van der Waals surface area contributed by atoms with Crippen LogP contribution in [0.25, 0.3) is 0 Å². The Morgan fingerprint density at radius 2 is 2.33 bits per heavy atom. The minimum atomic E-state index is -0.119. The quantitative estimate of drug-likeness (QED) is 0.847. The van der Waals surface area contributed by atoms with Gasteiger partial charge in [0.15, 0.2) is 5.82 Å². The van der Waals surface area contributed by atoms with Crippen molar-refractivity contribution in [3.05, 3.63) is 21.2 Å². The summed E-state index contributed by atoms with van der Waals surface area (Å²) >= 11 is 3.29. The van der Waals surface area contributed by atoms with Crippen LogP contribution in [-0.2, 0) is 0 Å². The molecule has 15 heavy (non-hydrogen) atoms. The summed E-state index contributed by atoms with van der Waals surface area (Å²) < 4.78 is 0.533. The van der Waals surface area contributed by atoms with E-state index < -0.39 is 0 Å². The third kappa shape index (κ3) is 1.93. The van der Waals surface area contributed by atoms with E-state index in [4.69, 9.17) is 0 Å². The largest absolute Gasteiger partial charge is 0.352 e. The zero-order valence-corrected chi connectivity index (χ0v) is 10.4. The lowest BCUT2D eigenvalue weighted by atomic mass is 10.1. The van der Waals surface area contributed by atoms with Crippen LogP contribution in [0, 0.1) is 5.92 Å². The number of H-pyrrole nitrogens is 1. The van der Waals surface area contributed by atoms with E-state index in [1.165, 1.54) is 6.33 Å². The molecule has 0 spiro atoms. The Balaban J connectivity index is 2.38. The second-order valence-electron chi connectivity index (χ2n) is 4.21. The van der Waals surface area contributed by atoms with Crippen molar-refractivity contribution in [3.8, 4) is 0 Å². The molecule has 2 unspecified atom stereocenters. The molecule has 0 saturated carbocycles. The molecule has 1 fully saturated rings. The second kappa shape index (κ2) is 3.96. The molecule has 0 aliphatic carbocycles. The van der Waals surface area contributed by atoms with Crippen molar-refractivity contribution in [1.29, 1.82) is 0 Å². The van der Waals surface area contributed by atoms with Crippen LogP contribution in [0.15, 0.2) is 15.6 Å². The minimum Gasteiger partial charge on any atom is -0.352 e. The fourth-order valence-electron chi connectivity index (χ4n) is 2.17. The van der Waals surface area contributed by atoms with Gasteiger partial charge >= 0.3 is 0 Å². The van der Waals surface area contributed by atoms with Crippen molar-refractivity contribution in [2.24, 2.45) is 5.92 Å². The molecule has 1 N–H and O–H groups in total. The van der Waals surface area contributed by atoms with E-state index >= 15 is 0 Å². The molecule has 4 nitrogen and oxygen atoms in total. The molecule has 0 bridgehead atoms. The Morgan fingerprint density at radius 3 is 2.93 bits per heavy atom. The zero-order chi connectivity index (χ0) is 11.0. The van der Waals surface area contributed by atoms with Gasteiger partial charge in [-0.2, -0.15) is 0 Å². The van der Waals surface area contributed by atoms with Gasteiger partial charge in [0, 0.05) is 12.6 Å². The number of hydrogen-bond donors (Lipinski definition) is 1. The Hall–Kier alpha value is -0.840. The summed E-state index contributed by atoms with van der Waals surface area (Å²) in [6, 6.07) is 0.450. The summed E-state index contributed by atoms with van der Waals surface area (Å²) in [6.07, 6.45) is 2.61. The van der Waals surface area contributed by atoms with Crippen LogP contribution in [0.2, 0.25) is 0 Å². The number of rotatable bonds is 1. The molecule has 5 heteroatoms. The number of anilines is 1. The number of aromatic amines is 1. The van der Waals surface area contributed by atoms with E-state index in [0.717, 1.165) is 18.8 Å². The van der Waals surface area contributed by atoms with Gasteiger partial charge in [-0.15, -0.1) is 0 Å². The van der Waals surface area contributed by atoms with Crippen LogP contribution in [0.4, 0.5) is 5.82 Å². The summed E-state index contributed by atoms with van der Waals surface area (Å²) in [5, 5.41) is 0. The van der Waals surface area contributed by atoms with E-state index in [2.05, 4.69) is 44.6 Å². The third-order valence-corrected chi connectivity index (χ3v) is 3.55. The van der Waals surface area contributed by atoms with Crippen LogP contribution in [0.5, 0.6) is 0 Å². The number of hydrogen-bond acceptors (Lipinski definition) is 3. The van der Waals surface area contributed by atoms with Gasteiger partial charge < -0.3 is 9.88 Å². The van der Waals surface area contributed by atoms with Crippen LogP contribution in [0.3, 0.4) is 0 Å². The third-order valence-electron chi connectivity index (χ3n) is 2.83. The topological polar surface area (TPSA) is 49.0 Å². The maximum Gasteiger partial charge on any atom is 0.267 e. The van der Waals surface area contributed by atoms with Crippen molar-refractivity contribution in [1.82, 2.24) is 9.97 Å². The number of nitrogens with zero attached hydrogens (tertiary/aromatic N) is 2. The highest BCUT2D eigenvalue weighted by Gasteiger charge is 2.28. The van der Waals surface area contributed by atoms with E-state index in [1.54, 1.807) is 0 Å². The number of aromatic nitrogens is 2. The van der Waals surface area contributed by atoms with Crippen LogP contribution >= 0.6 is 15.9 Å². The molecule has 0 radical (unpaired) electrons. The van der Waals surface area contributed by atoms with Crippen molar-refractivity contribution < 1.29 is 0 Å². The molecule has 82 valence electrons. The first kappa shape index (κ1) is 10.7. The molecular formula is C10H14BrN3O. The van der Waals surface area contributed by atoms with Crippen LogP contribution < -0.4 is 10.5 Å². The van der Waals surface area contributed by atoms with Gasteiger partial charge in [-0.25, -0.2) is 4.98 Å². The fraction of sp³-hybridized carbons (Fsp3) is 0.600. The number of halogens is 1. The van der Waals surface area contributed by atoms with Crippen LogP contribution in [-0.4, -0.2) is 22.6 Å². The average Bonchev–Trinajstić information content (AvgIpc) is 2.50. The molecule has 2 heterocycles. The van der Waals surface area contributed by atoms with Gasteiger partial charge in [-0.3, -0.25) is 4.79 Å². The first-order valence-electron chi connectivity index (χ1n) is 5.09. The lowest BCUT2D eigenvalue weighted by Crippen LogP contribution is -2.29. The summed E-state index contributed by atoms with van der Waals surface area (Å²) in [5.74, 6) is 1.42. The average molecular weight is 272 g/mol. The SMILES string of the molecule is CC1CC(C)N(c2nc[nH]c(=O)c2Br)C1. The van der Waals surface area contributed by atoms with Crippen molar-refractivity contribution >= 4 is 21.7 Å². The highest BCUT2D eigenvalue weighted by molar-refractivity contribution is 9.10. The number of nitrogens with one attached hydrogen (secondary N) is 1. The maximum atomic E-state index is 11.4. The predicted octanol–water partition coefficient (Wildman–Crippen LogP) is 1.77. The van der Waals surface area contributed by atoms with Crippen LogP contribution in [0.1, 0.15) is 20.3 Å². The second-order valence-corrected chi connectivity index (χ2v) is 5.00. The lowest BCUT2D eigenvalue weighted by molar-refractivity contribution is 0.625. The summed E-state index contributed by atoms with van der Waals surface area (Å²) in [4.78, 5) is 20.4. The van der Waals surface area contributed by atoms with E-state index in [0.29, 0.717) is 16.4 Å². The fourth-order valence-corrected chi connectivity index (χ4v) is 2.61. The van der Waals surface area contributed by atoms with E-state index in [-0.39, 0.29) is 5.56 Å². The standard InChI is InChI=1S/C10H14BrN3O/c1-6-3-7(2)14(4-6)9-8(11)10(15)13-5-12-9/h5-7H,3-4H2,1-2H3,(H,12,13,15). The van der Waals surface area contributed by atoms with Crippen molar-refractivity contribution in [2.75, 3.05) is 11.4 Å².